The molecule has 0 unspecified atom stereocenters. The van der Waals surface area contributed by atoms with Crippen LogP contribution in [0.3, 0.4) is 0 Å². The summed E-state index contributed by atoms with van der Waals surface area (Å²) in [5.41, 5.74) is 1.55. The second-order valence-corrected chi connectivity index (χ2v) is 5.38. The minimum Gasteiger partial charge on any atom is -0.459 e. The first-order chi connectivity index (χ1) is 10.1. The van der Waals surface area contributed by atoms with Crippen molar-refractivity contribution in [3.8, 4) is 11.3 Å². The fraction of sp³-hybridized carbons (Fsp3) is 0.267. The largest absolute Gasteiger partial charge is 0.459 e. The molecule has 0 aliphatic heterocycles. The highest BCUT2D eigenvalue weighted by atomic mass is 35.5. The highest BCUT2D eigenvalue weighted by molar-refractivity contribution is 6.30. The van der Waals surface area contributed by atoms with Crippen molar-refractivity contribution in [3.63, 3.8) is 0 Å². The van der Waals surface area contributed by atoms with E-state index in [1.807, 2.05) is 12.1 Å². The molecule has 1 aliphatic rings. The van der Waals surface area contributed by atoms with E-state index in [1.54, 1.807) is 18.2 Å². The van der Waals surface area contributed by atoms with Gasteiger partial charge in [-0.25, -0.2) is 0 Å². The molecule has 0 bridgehead atoms. The number of nitrogens with one attached hydrogen (secondary N) is 1. The van der Waals surface area contributed by atoms with Crippen molar-refractivity contribution in [2.45, 2.75) is 12.8 Å². The number of aromatic nitrogens is 1. The van der Waals surface area contributed by atoms with Crippen LogP contribution in [0.1, 0.15) is 18.6 Å². The molecule has 0 spiro atoms. The van der Waals surface area contributed by atoms with Crippen molar-refractivity contribution in [1.29, 1.82) is 5.41 Å². The van der Waals surface area contributed by atoms with Gasteiger partial charge in [0.05, 0.1) is 5.92 Å². The summed E-state index contributed by atoms with van der Waals surface area (Å²) in [7, 11) is 0. The minimum absolute atomic E-state index is 0.0251. The Morgan fingerprint density at radius 1 is 1.38 bits per heavy atom. The lowest BCUT2D eigenvalue weighted by molar-refractivity contribution is -0.143. The molecule has 0 radical (unpaired) electrons. The van der Waals surface area contributed by atoms with Crippen LogP contribution in [0.2, 0.25) is 5.02 Å². The number of benzene rings is 1. The summed E-state index contributed by atoms with van der Waals surface area (Å²) in [5.74, 6) is 0.0814. The summed E-state index contributed by atoms with van der Waals surface area (Å²) in [6.07, 6.45) is 1.77. The predicted molar refractivity (Wildman–Crippen MR) is 77.5 cm³/mol. The average Bonchev–Trinajstić information content (AvgIpc) is 3.23. The lowest BCUT2D eigenvalue weighted by atomic mass is 10.1. The molecular weight excluding hydrogens is 292 g/mol. The van der Waals surface area contributed by atoms with Crippen molar-refractivity contribution in [1.82, 2.24) is 5.16 Å². The first kappa shape index (κ1) is 13.8. The fourth-order valence-corrected chi connectivity index (χ4v) is 1.95. The Kier molecular flexibility index (Phi) is 3.75. The highest BCUT2D eigenvalue weighted by Gasteiger charge is 2.31. The van der Waals surface area contributed by atoms with Gasteiger partial charge in [0.2, 0.25) is 0 Å². The maximum absolute atomic E-state index is 11.4. The van der Waals surface area contributed by atoms with Gasteiger partial charge in [-0.05, 0) is 25.0 Å². The molecule has 1 saturated carbocycles. The monoisotopic (exact) mass is 304 g/mol. The van der Waals surface area contributed by atoms with E-state index in [-0.39, 0.29) is 24.2 Å². The molecule has 1 aromatic carbocycles. The smallest absolute Gasteiger partial charge is 0.309 e. The van der Waals surface area contributed by atoms with Crippen LogP contribution in [0.4, 0.5) is 0 Å². The molecule has 0 saturated heterocycles. The number of nitrogens with zero attached hydrogens (tertiary/aromatic N) is 1. The van der Waals surface area contributed by atoms with E-state index < -0.39 is 0 Å². The van der Waals surface area contributed by atoms with Gasteiger partial charge < -0.3 is 9.26 Å². The topological polar surface area (TPSA) is 76.2 Å². The van der Waals surface area contributed by atoms with Crippen LogP contribution < -0.4 is 0 Å². The zero-order valence-corrected chi connectivity index (χ0v) is 11.9. The van der Waals surface area contributed by atoms with Crippen LogP contribution in [-0.4, -0.2) is 23.4 Å². The van der Waals surface area contributed by atoms with Crippen LogP contribution >= 0.6 is 11.6 Å². The lowest BCUT2D eigenvalue weighted by Crippen LogP contribution is -2.14. The van der Waals surface area contributed by atoms with Crippen LogP contribution in [-0.2, 0) is 9.53 Å². The number of carbonyl (C=O) groups is 1. The van der Waals surface area contributed by atoms with Gasteiger partial charge >= 0.3 is 5.97 Å². The summed E-state index contributed by atoms with van der Waals surface area (Å²) < 4.78 is 10.2. The molecule has 0 amide bonds. The standard InChI is InChI=1S/C15H13ClN2O3/c16-11-5-3-9(4-6-11)13-7-14(21-18-13)12(17)8-20-15(19)10-1-2-10/h3-7,10,17H,1-2,8H2. The maximum Gasteiger partial charge on any atom is 0.309 e. The third kappa shape index (κ3) is 3.31. The molecule has 6 heteroatoms. The zero-order valence-electron chi connectivity index (χ0n) is 11.1. The normalized spacial score (nSPS) is 14.0. The summed E-state index contributed by atoms with van der Waals surface area (Å²) in [6, 6.07) is 8.81. The molecule has 1 fully saturated rings. The number of hydrogen-bond acceptors (Lipinski definition) is 5. The Bertz CT molecular complexity index is 674. The molecule has 108 valence electrons. The van der Waals surface area contributed by atoms with Crippen LogP contribution in [0.5, 0.6) is 0 Å². The molecular formula is C15H13ClN2O3. The fourth-order valence-electron chi connectivity index (χ4n) is 1.83. The maximum atomic E-state index is 11.4. The number of hydrogen-bond donors (Lipinski definition) is 1. The van der Waals surface area contributed by atoms with Gasteiger partial charge in [0, 0.05) is 16.7 Å². The van der Waals surface area contributed by atoms with Gasteiger partial charge in [-0.1, -0.05) is 28.9 Å². The van der Waals surface area contributed by atoms with E-state index in [1.165, 1.54) is 0 Å². The number of rotatable bonds is 5. The van der Waals surface area contributed by atoms with Gasteiger partial charge in [-0.2, -0.15) is 0 Å². The molecule has 21 heavy (non-hydrogen) atoms. The molecule has 1 aliphatic carbocycles. The van der Waals surface area contributed by atoms with E-state index in [9.17, 15) is 4.79 Å². The summed E-state index contributed by atoms with van der Waals surface area (Å²) in [4.78, 5) is 11.4. The Morgan fingerprint density at radius 2 is 2.10 bits per heavy atom. The van der Waals surface area contributed by atoms with Gasteiger partial charge in [0.1, 0.15) is 18.0 Å². The van der Waals surface area contributed by atoms with Crippen molar-refractivity contribution in [2.24, 2.45) is 5.92 Å². The summed E-state index contributed by atoms with van der Waals surface area (Å²) in [6.45, 7) is -0.0927. The number of esters is 1. The SMILES string of the molecule is N=C(COC(=O)C1CC1)c1cc(-c2ccc(Cl)cc2)no1. The Morgan fingerprint density at radius 3 is 2.76 bits per heavy atom. The van der Waals surface area contributed by atoms with Crippen molar-refractivity contribution >= 4 is 23.3 Å². The third-order valence-corrected chi connectivity index (χ3v) is 3.47. The quantitative estimate of drug-likeness (QED) is 0.679. The molecule has 2 aromatic rings. The Labute approximate surface area is 126 Å². The molecule has 5 nitrogen and oxygen atoms in total. The van der Waals surface area contributed by atoms with Crippen LogP contribution in [0.15, 0.2) is 34.9 Å². The van der Waals surface area contributed by atoms with Gasteiger partial charge in [-0.15, -0.1) is 0 Å². The molecule has 1 aromatic heterocycles. The van der Waals surface area contributed by atoms with Crippen molar-refractivity contribution in [2.75, 3.05) is 6.61 Å². The number of carbonyl (C=O) groups excluding carboxylic acids is 1. The first-order valence-corrected chi connectivity index (χ1v) is 6.98. The van der Waals surface area contributed by atoms with E-state index >= 15 is 0 Å². The van der Waals surface area contributed by atoms with Crippen LogP contribution in [0.25, 0.3) is 11.3 Å². The second-order valence-electron chi connectivity index (χ2n) is 4.94. The van der Waals surface area contributed by atoms with Crippen LogP contribution in [0, 0.1) is 11.3 Å². The van der Waals surface area contributed by atoms with E-state index in [4.69, 9.17) is 26.3 Å². The molecule has 0 atom stereocenters. The zero-order chi connectivity index (χ0) is 14.8. The first-order valence-electron chi connectivity index (χ1n) is 6.60. The highest BCUT2D eigenvalue weighted by Crippen LogP contribution is 2.30. The van der Waals surface area contributed by atoms with E-state index in [0.717, 1.165) is 18.4 Å². The molecule has 1 heterocycles. The summed E-state index contributed by atoms with van der Waals surface area (Å²) >= 11 is 5.83. The van der Waals surface area contributed by atoms with Gasteiger partial charge in [0.25, 0.3) is 0 Å². The second kappa shape index (κ2) is 5.69. The van der Waals surface area contributed by atoms with Crippen molar-refractivity contribution < 1.29 is 14.1 Å². The lowest BCUT2D eigenvalue weighted by Gasteiger charge is -2.02. The predicted octanol–water partition coefficient (Wildman–Crippen LogP) is 3.32. The number of halogens is 1. The van der Waals surface area contributed by atoms with Gasteiger partial charge in [0.15, 0.2) is 5.76 Å². The average molecular weight is 305 g/mol. The molecule has 1 N–H and O–H groups in total. The summed E-state index contributed by atoms with van der Waals surface area (Å²) in [5, 5.41) is 12.4. The van der Waals surface area contributed by atoms with E-state index in [0.29, 0.717) is 16.5 Å². The minimum atomic E-state index is -0.239. The Hall–Kier alpha value is -2.14. The van der Waals surface area contributed by atoms with Crippen molar-refractivity contribution in [3.05, 3.63) is 41.1 Å². The third-order valence-electron chi connectivity index (χ3n) is 3.22. The Balaban J connectivity index is 1.64. The number of ether oxygens (including phenoxy) is 1. The van der Waals surface area contributed by atoms with E-state index in [2.05, 4.69) is 5.16 Å². The molecule has 3 rings (SSSR count). The van der Waals surface area contributed by atoms with Gasteiger partial charge in [-0.3, -0.25) is 10.2 Å².